The van der Waals surface area contributed by atoms with E-state index in [1.54, 1.807) is 0 Å². The summed E-state index contributed by atoms with van der Waals surface area (Å²) in [5.41, 5.74) is 0. The van der Waals surface area contributed by atoms with E-state index in [1.807, 2.05) is 0 Å². The Morgan fingerprint density at radius 3 is 1.50 bits per heavy atom. The summed E-state index contributed by atoms with van der Waals surface area (Å²) in [6.07, 6.45) is -11.7. The molecule has 0 aromatic carbocycles. The zero-order valence-electron chi connectivity index (χ0n) is 5.24. The smallest absolute Gasteiger partial charge is 0.276 e. The summed E-state index contributed by atoms with van der Waals surface area (Å²) in [7, 11) is 0. The first-order chi connectivity index (χ1) is 5.26. The molecule has 0 bridgehead atoms. The summed E-state index contributed by atoms with van der Waals surface area (Å²) in [6.45, 7) is 0. The van der Waals surface area contributed by atoms with Crippen LogP contribution in [0.2, 0.25) is 0 Å². The zero-order valence-corrected chi connectivity index (χ0v) is 5.24. The van der Waals surface area contributed by atoms with Crippen LogP contribution in [0.5, 0.6) is 0 Å². The first-order valence-corrected chi connectivity index (χ1v) is 2.66. The summed E-state index contributed by atoms with van der Waals surface area (Å²) in [5, 5.41) is 0. The van der Waals surface area contributed by atoms with Gasteiger partial charge in [0.1, 0.15) is 0 Å². The van der Waals surface area contributed by atoms with E-state index < -0.39 is 24.9 Å². The average molecular weight is 196 g/mol. The average Bonchev–Trinajstić information content (AvgIpc) is 2.06. The van der Waals surface area contributed by atoms with Crippen LogP contribution in [0.4, 0.5) is 26.3 Å². The first kappa shape index (κ1) is 9.59. The van der Waals surface area contributed by atoms with Crippen LogP contribution in [-0.2, 0) is 9.47 Å². The van der Waals surface area contributed by atoms with Gasteiger partial charge in [-0.15, -0.1) is 0 Å². The summed E-state index contributed by atoms with van der Waals surface area (Å²) >= 11 is 0. The minimum Gasteiger partial charge on any atom is -0.276 e. The summed E-state index contributed by atoms with van der Waals surface area (Å²) < 4.78 is 76.6. The molecule has 72 valence electrons. The van der Waals surface area contributed by atoms with Gasteiger partial charge in [-0.2, -0.15) is 17.6 Å². The van der Waals surface area contributed by atoms with Gasteiger partial charge in [-0.1, -0.05) is 0 Å². The third-order valence-electron chi connectivity index (χ3n) is 1.07. The molecule has 1 aliphatic rings. The molecule has 0 aromatic rings. The monoisotopic (exact) mass is 196 g/mol. The molecule has 12 heavy (non-hydrogen) atoms. The quantitative estimate of drug-likeness (QED) is 0.550. The van der Waals surface area contributed by atoms with Gasteiger partial charge in [-0.25, -0.2) is 8.78 Å². The van der Waals surface area contributed by atoms with Gasteiger partial charge >= 0.3 is 12.2 Å². The van der Waals surface area contributed by atoms with Crippen LogP contribution in [-0.4, -0.2) is 24.9 Å². The fraction of sp³-hybridized carbons (Fsp3) is 1.00. The Kier molecular flexibility index (Phi) is 1.99. The molecule has 2 nitrogen and oxygen atoms in total. The molecule has 0 N–H and O–H groups in total. The second-order valence-corrected chi connectivity index (χ2v) is 1.97. The molecule has 8 heteroatoms. The van der Waals surface area contributed by atoms with Crippen molar-refractivity contribution in [1.82, 2.24) is 0 Å². The van der Waals surface area contributed by atoms with Gasteiger partial charge in [0.05, 0.1) is 0 Å². The molecule has 0 aromatic heterocycles. The topological polar surface area (TPSA) is 18.5 Å². The van der Waals surface area contributed by atoms with Gasteiger partial charge in [-0.3, -0.25) is 9.47 Å². The summed E-state index contributed by atoms with van der Waals surface area (Å²) in [4.78, 5) is 0. The third-order valence-corrected chi connectivity index (χ3v) is 1.07. The van der Waals surface area contributed by atoms with Crippen molar-refractivity contribution in [1.29, 1.82) is 0 Å². The second-order valence-electron chi connectivity index (χ2n) is 1.97. The van der Waals surface area contributed by atoms with Crippen LogP contribution in [0, 0.1) is 0 Å². The van der Waals surface area contributed by atoms with Crippen molar-refractivity contribution in [3.05, 3.63) is 0 Å². The maximum Gasteiger partial charge on any atom is 0.478 e. The van der Waals surface area contributed by atoms with Gasteiger partial charge < -0.3 is 0 Å². The maximum atomic E-state index is 12.3. The SMILES string of the molecule is FC1OC(F)(C(F)(F)F)OC1F. The lowest BCUT2D eigenvalue weighted by atomic mass is 10.6. The number of hydrogen-bond donors (Lipinski definition) is 0. The van der Waals surface area contributed by atoms with Crippen molar-refractivity contribution in [2.75, 3.05) is 0 Å². The van der Waals surface area contributed by atoms with Gasteiger partial charge in [-0.05, 0) is 0 Å². The molecule has 1 rings (SSSR count). The van der Waals surface area contributed by atoms with E-state index in [0.29, 0.717) is 0 Å². The summed E-state index contributed by atoms with van der Waals surface area (Å²) in [5.74, 6) is 0. The van der Waals surface area contributed by atoms with E-state index in [4.69, 9.17) is 0 Å². The molecule has 0 radical (unpaired) electrons. The number of hydrogen-bond acceptors (Lipinski definition) is 2. The highest BCUT2D eigenvalue weighted by Crippen LogP contribution is 2.43. The largest absolute Gasteiger partial charge is 0.478 e. The molecule has 0 saturated carbocycles. The Bertz CT molecular complexity index is 169. The highest BCUT2D eigenvalue weighted by Gasteiger charge is 2.67. The van der Waals surface area contributed by atoms with Crippen molar-refractivity contribution < 1.29 is 35.8 Å². The van der Waals surface area contributed by atoms with E-state index in [0.717, 1.165) is 0 Å². The normalized spacial score (nSPS) is 43.5. The highest BCUT2D eigenvalue weighted by atomic mass is 19.4. The molecular formula is C4H2F6O2. The van der Waals surface area contributed by atoms with Crippen LogP contribution < -0.4 is 0 Å². The van der Waals surface area contributed by atoms with Crippen LogP contribution in [0.25, 0.3) is 0 Å². The number of halogens is 6. The molecule has 1 fully saturated rings. The Hall–Kier alpha value is -0.500. The second kappa shape index (κ2) is 2.49. The number of ether oxygens (including phenoxy) is 2. The number of alkyl halides is 6. The standard InChI is InChI=1S/C4H2F6O2/c5-1-2(6)12-4(10,11-1)3(7,8)9/h1-2H. The van der Waals surface area contributed by atoms with Gasteiger partial charge in [0.25, 0.3) is 12.7 Å². The van der Waals surface area contributed by atoms with Crippen molar-refractivity contribution >= 4 is 0 Å². The zero-order chi connectivity index (χ0) is 9.57. The van der Waals surface area contributed by atoms with Crippen molar-refractivity contribution in [2.45, 2.75) is 24.9 Å². The molecule has 2 atom stereocenters. The fourth-order valence-electron chi connectivity index (χ4n) is 0.558. The molecule has 1 aliphatic heterocycles. The molecule has 2 unspecified atom stereocenters. The van der Waals surface area contributed by atoms with Crippen LogP contribution in [0.15, 0.2) is 0 Å². The predicted molar refractivity (Wildman–Crippen MR) is 21.9 cm³/mol. The molecule has 0 amide bonds. The van der Waals surface area contributed by atoms with Gasteiger partial charge in [0.2, 0.25) is 0 Å². The molecular weight excluding hydrogens is 194 g/mol. The van der Waals surface area contributed by atoms with Crippen LogP contribution in [0.1, 0.15) is 0 Å². The Morgan fingerprint density at radius 2 is 1.33 bits per heavy atom. The van der Waals surface area contributed by atoms with E-state index in [1.165, 1.54) is 0 Å². The first-order valence-electron chi connectivity index (χ1n) is 2.66. The minimum absolute atomic E-state index is 2.97. The lowest BCUT2D eigenvalue weighted by Gasteiger charge is -2.19. The Labute approximate surface area is 62.0 Å². The van der Waals surface area contributed by atoms with E-state index in [-0.39, 0.29) is 0 Å². The summed E-state index contributed by atoms with van der Waals surface area (Å²) in [6, 6.07) is -4.67. The fourth-order valence-corrected chi connectivity index (χ4v) is 0.558. The van der Waals surface area contributed by atoms with E-state index >= 15 is 0 Å². The number of rotatable bonds is 0. The predicted octanol–water partition coefficient (Wildman–Crippen LogP) is 1.81. The van der Waals surface area contributed by atoms with E-state index in [9.17, 15) is 26.3 Å². The maximum absolute atomic E-state index is 12.3. The molecule has 1 heterocycles. The highest BCUT2D eigenvalue weighted by molar-refractivity contribution is 4.74. The van der Waals surface area contributed by atoms with Crippen molar-refractivity contribution in [3.63, 3.8) is 0 Å². The third kappa shape index (κ3) is 1.36. The van der Waals surface area contributed by atoms with Gasteiger partial charge in [0, 0.05) is 0 Å². The van der Waals surface area contributed by atoms with Gasteiger partial charge in [0.15, 0.2) is 0 Å². The molecule has 0 spiro atoms. The van der Waals surface area contributed by atoms with Crippen molar-refractivity contribution in [2.24, 2.45) is 0 Å². The molecule has 0 aliphatic carbocycles. The van der Waals surface area contributed by atoms with E-state index in [2.05, 4.69) is 9.47 Å². The van der Waals surface area contributed by atoms with Crippen molar-refractivity contribution in [3.8, 4) is 0 Å². The lowest BCUT2D eigenvalue weighted by molar-refractivity contribution is -0.416. The minimum atomic E-state index is -5.61. The Morgan fingerprint density at radius 1 is 1.00 bits per heavy atom. The van der Waals surface area contributed by atoms with Crippen LogP contribution in [0.3, 0.4) is 0 Å². The Balaban J connectivity index is 2.77. The van der Waals surface area contributed by atoms with Crippen LogP contribution >= 0.6 is 0 Å². The molecule has 1 saturated heterocycles. The lowest BCUT2D eigenvalue weighted by Crippen LogP contribution is -2.42.